The van der Waals surface area contributed by atoms with Crippen LogP contribution in [0.2, 0.25) is 0 Å². The van der Waals surface area contributed by atoms with E-state index in [0.717, 1.165) is 88.9 Å². The molecule has 0 radical (unpaired) electrons. The van der Waals surface area contributed by atoms with E-state index in [2.05, 4.69) is 196 Å². The molecule has 0 unspecified atom stereocenters. The standard InChI is InChI=1S/C53H33N5/c1-5-25-43-30(13-1)34-17-9-21-38(49(34)54-43)42-29-47(39-22-10-18-35-31-14-2-6-26-44(31)55-50(35)39)58-53(41-24-12-20-37-33-16-4-8-28-46(33)57-52(37)41)48(42)40-23-11-19-36-32-15-3-7-27-45(32)56-51(36)40/h1-29,54-57H. The van der Waals surface area contributed by atoms with Gasteiger partial charge in [-0.2, -0.15) is 0 Å². The van der Waals surface area contributed by atoms with Crippen LogP contribution in [0.4, 0.5) is 0 Å². The summed E-state index contributed by atoms with van der Waals surface area (Å²) in [7, 11) is 0. The molecule has 0 saturated heterocycles. The Balaban J connectivity index is 1.23. The van der Waals surface area contributed by atoms with Gasteiger partial charge in [-0.05, 0) is 35.9 Å². The number of fused-ring (bicyclic) bond motifs is 12. The summed E-state index contributed by atoms with van der Waals surface area (Å²) in [6.07, 6.45) is 0. The van der Waals surface area contributed by atoms with Crippen LogP contribution < -0.4 is 0 Å². The van der Waals surface area contributed by atoms with Crippen LogP contribution >= 0.6 is 0 Å². The highest BCUT2D eigenvalue weighted by Crippen LogP contribution is 2.48. The highest BCUT2D eigenvalue weighted by Gasteiger charge is 2.25. The molecule has 8 aromatic carbocycles. The number of hydrogen-bond acceptors (Lipinski definition) is 1. The van der Waals surface area contributed by atoms with Gasteiger partial charge < -0.3 is 19.9 Å². The van der Waals surface area contributed by atoms with E-state index in [1.165, 1.54) is 43.1 Å². The fourth-order valence-electron chi connectivity index (χ4n) is 9.70. The number of hydrogen-bond donors (Lipinski definition) is 4. The molecule has 5 nitrogen and oxygen atoms in total. The second kappa shape index (κ2) is 11.8. The highest BCUT2D eigenvalue weighted by molar-refractivity contribution is 6.20. The van der Waals surface area contributed by atoms with Crippen LogP contribution in [-0.4, -0.2) is 24.9 Å². The summed E-state index contributed by atoms with van der Waals surface area (Å²) in [5, 5.41) is 9.54. The van der Waals surface area contributed by atoms with Gasteiger partial charge in [0, 0.05) is 93.0 Å². The van der Waals surface area contributed by atoms with Crippen LogP contribution in [0.1, 0.15) is 0 Å². The maximum absolute atomic E-state index is 5.84. The molecule has 0 aliphatic heterocycles. The number of pyridine rings is 1. The molecule has 0 amide bonds. The molecule has 58 heavy (non-hydrogen) atoms. The first kappa shape index (κ1) is 31.3. The van der Waals surface area contributed by atoms with E-state index in [1.807, 2.05) is 0 Å². The first-order valence-electron chi connectivity index (χ1n) is 19.8. The number of aromatic amines is 4. The molecular weight excluding hydrogens is 707 g/mol. The molecule has 270 valence electrons. The second-order valence-corrected chi connectivity index (χ2v) is 15.4. The molecule has 5 heterocycles. The molecule has 13 rings (SSSR count). The summed E-state index contributed by atoms with van der Waals surface area (Å²) in [5.41, 5.74) is 17.1. The van der Waals surface area contributed by atoms with Gasteiger partial charge in [0.15, 0.2) is 0 Å². The monoisotopic (exact) mass is 739 g/mol. The fraction of sp³-hybridized carbons (Fsp3) is 0. The first-order valence-corrected chi connectivity index (χ1v) is 19.8. The number of aromatic nitrogens is 5. The van der Waals surface area contributed by atoms with Crippen molar-refractivity contribution < 1.29 is 0 Å². The molecule has 0 atom stereocenters. The summed E-state index contributed by atoms with van der Waals surface area (Å²) < 4.78 is 0. The lowest BCUT2D eigenvalue weighted by Gasteiger charge is -2.20. The Morgan fingerprint density at radius 2 is 0.621 bits per heavy atom. The van der Waals surface area contributed by atoms with Gasteiger partial charge in [-0.15, -0.1) is 0 Å². The van der Waals surface area contributed by atoms with Crippen LogP contribution in [0, 0.1) is 0 Å². The Bertz CT molecular complexity index is 3680. The molecule has 13 aromatic rings. The van der Waals surface area contributed by atoms with E-state index in [-0.39, 0.29) is 0 Å². The van der Waals surface area contributed by atoms with Crippen molar-refractivity contribution >= 4 is 87.2 Å². The van der Waals surface area contributed by atoms with Gasteiger partial charge in [-0.1, -0.05) is 146 Å². The quantitative estimate of drug-likeness (QED) is 0.143. The van der Waals surface area contributed by atoms with Gasteiger partial charge >= 0.3 is 0 Å². The maximum Gasteiger partial charge on any atom is 0.0816 e. The molecule has 0 fully saturated rings. The van der Waals surface area contributed by atoms with Crippen molar-refractivity contribution in [2.75, 3.05) is 0 Å². The second-order valence-electron chi connectivity index (χ2n) is 15.4. The van der Waals surface area contributed by atoms with E-state index in [0.29, 0.717) is 0 Å². The molecular formula is C53H33N5. The van der Waals surface area contributed by atoms with E-state index in [1.54, 1.807) is 0 Å². The van der Waals surface area contributed by atoms with Crippen molar-refractivity contribution in [2.45, 2.75) is 0 Å². The molecule has 0 bridgehead atoms. The number of nitrogens with zero attached hydrogens (tertiary/aromatic N) is 1. The van der Waals surface area contributed by atoms with Crippen LogP contribution in [0.5, 0.6) is 0 Å². The van der Waals surface area contributed by atoms with E-state index in [4.69, 9.17) is 4.98 Å². The minimum absolute atomic E-state index is 0.899. The van der Waals surface area contributed by atoms with Crippen molar-refractivity contribution in [2.24, 2.45) is 0 Å². The van der Waals surface area contributed by atoms with Crippen LogP contribution in [0.25, 0.3) is 132 Å². The number of rotatable bonds is 4. The van der Waals surface area contributed by atoms with E-state index < -0.39 is 0 Å². The zero-order valence-electron chi connectivity index (χ0n) is 31.2. The largest absolute Gasteiger partial charge is 0.354 e. The third kappa shape index (κ3) is 4.38. The Hall–Kier alpha value is -7.89. The Kier molecular flexibility index (Phi) is 6.38. The van der Waals surface area contributed by atoms with Crippen LogP contribution in [0.3, 0.4) is 0 Å². The number of para-hydroxylation sites is 8. The molecule has 0 aliphatic carbocycles. The Morgan fingerprint density at radius 1 is 0.276 bits per heavy atom. The minimum atomic E-state index is 0.899. The summed E-state index contributed by atoms with van der Waals surface area (Å²) in [6.45, 7) is 0. The maximum atomic E-state index is 5.84. The van der Waals surface area contributed by atoms with Crippen molar-refractivity contribution in [3.05, 3.63) is 176 Å². The number of H-pyrrole nitrogens is 4. The van der Waals surface area contributed by atoms with E-state index >= 15 is 0 Å². The van der Waals surface area contributed by atoms with E-state index in [9.17, 15) is 0 Å². The van der Waals surface area contributed by atoms with Gasteiger partial charge in [0.2, 0.25) is 0 Å². The van der Waals surface area contributed by atoms with Gasteiger partial charge in [0.25, 0.3) is 0 Å². The first-order chi connectivity index (χ1) is 28.8. The van der Waals surface area contributed by atoms with Crippen molar-refractivity contribution in [3.8, 4) is 44.8 Å². The molecule has 0 aliphatic rings. The summed E-state index contributed by atoms with van der Waals surface area (Å²) >= 11 is 0. The molecule has 0 spiro atoms. The molecule has 5 aromatic heterocycles. The predicted octanol–water partition coefficient (Wildman–Crippen LogP) is 14.3. The zero-order chi connectivity index (χ0) is 37.9. The van der Waals surface area contributed by atoms with Gasteiger partial charge in [0.1, 0.15) is 0 Å². The summed E-state index contributed by atoms with van der Waals surface area (Å²) in [5.74, 6) is 0. The topological polar surface area (TPSA) is 76.0 Å². The normalized spacial score (nSPS) is 12.1. The van der Waals surface area contributed by atoms with Gasteiger partial charge in [-0.3, -0.25) is 0 Å². The average Bonchev–Trinajstić information content (AvgIpc) is 4.06. The lowest BCUT2D eigenvalue weighted by molar-refractivity contribution is 1.32. The van der Waals surface area contributed by atoms with Crippen molar-refractivity contribution in [1.82, 2.24) is 24.9 Å². The average molecular weight is 740 g/mol. The number of nitrogens with one attached hydrogen (secondary N) is 4. The molecule has 4 N–H and O–H groups in total. The molecule has 5 heteroatoms. The van der Waals surface area contributed by atoms with Gasteiger partial charge in [-0.25, -0.2) is 4.98 Å². The summed E-state index contributed by atoms with van der Waals surface area (Å²) in [6, 6.07) is 63.2. The summed E-state index contributed by atoms with van der Waals surface area (Å²) in [4.78, 5) is 21.2. The predicted molar refractivity (Wildman–Crippen MR) is 243 cm³/mol. The minimum Gasteiger partial charge on any atom is -0.354 e. The third-order valence-electron chi connectivity index (χ3n) is 12.3. The van der Waals surface area contributed by atoms with Crippen molar-refractivity contribution in [1.29, 1.82) is 0 Å². The van der Waals surface area contributed by atoms with Crippen LogP contribution in [-0.2, 0) is 0 Å². The van der Waals surface area contributed by atoms with Gasteiger partial charge in [0.05, 0.1) is 33.5 Å². The SMILES string of the molecule is c1ccc2c(c1)[nH]c1c(-c3cc(-c4cccc5c4[nH]c4ccccc45)c(-c4cccc5c4[nH]c4ccccc45)c(-c4cccc5c4[nH]c4ccccc45)n3)cccc12. The lowest BCUT2D eigenvalue weighted by atomic mass is 9.87. The highest BCUT2D eigenvalue weighted by atomic mass is 14.8. The smallest absolute Gasteiger partial charge is 0.0816 e. The zero-order valence-corrected chi connectivity index (χ0v) is 31.2. The molecule has 0 saturated carbocycles. The van der Waals surface area contributed by atoms with Crippen molar-refractivity contribution in [3.63, 3.8) is 0 Å². The Morgan fingerprint density at radius 3 is 1.10 bits per heavy atom. The van der Waals surface area contributed by atoms with Crippen LogP contribution in [0.15, 0.2) is 176 Å². The number of benzene rings is 8. The fourth-order valence-corrected chi connectivity index (χ4v) is 9.70. The third-order valence-corrected chi connectivity index (χ3v) is 12.3. The lowest BCUT2D eigenvalue weighted by Crippen LogP contribution is -1.99. The Labute approximate surface area is 331 Å².